The molecule has 0 saturated heterocycles. The van der Waals surface area contributed by atoms with Gasteiger partial charge in [-0.3, -0.25) is 10.2 Å². The van der Waals surface area contributed by atoms with Crippen molar-refractivity contribution in [1.82, 2.24) is 9.97 Å². The lowest BCUT2D eigenvalue weighted by Crippen LogP contribution is -2.40. The van der Waals surface area contributed by atoms with Crippen molar-refractivity contribution in [1.29, 1.82) is 5.41 Å². The normalized spacial score (nSPS) is 12.1. The number of nitrogens with two attached hydrogens (primary N) is 1. The largest absolute Gasteiger partial charge is 0.488 e. The van der Waals surface area contributed by atoms with Gasteiger partial charge in [0.05, 0.1) is 34.7 Å². The van der Waals surface area contributed by atoms with Crippen molar-refractivity contribution in [2.75, 3.05) is 23.0 Å². The molecule has 0 spiro atoms. The fourth-order valence-corrected chi connectivity index (χ4v) is 4.34. The quantitative estimate of drug-likeness (QED) is 0.115. The van der Waals surface area contributed by atoms with E-state index in [-0.39, 0.29) is 39.8 Å². The number of nitrogens with one attached hydrogen (secondary N) is 2. The summed E-state index contributed by atoms with van der Waals surface area (Å²) in [5.74, 6) is -3.32. The summed E-state index contributed by atoms with van der Waals surface area (Å²) in [6.45, 7) is 5.08. The Hall–Kier alpha value is -5.26. The van der Waals surface area contributed by atoms with Gasteiger partial charge < -0.3 is 20.7 Å². The Bertz CT molecular complexity index is 1680. The minimum absolute atomic E-state index is 0.0383. The van der Waals surface area contributed by atoms with E-state index < -0.39 is 35.3 Å². The minimum atomic E-state index is -1.29. The number of hydrogen-bond donors (Lipinski definition) is 3. The molecule has 0 saturated carbocycles. The van der Waals surface area contributed by atoms with Crippen LogP contribution in [0.25, 0.3) is 0 Å². The van der Waals surface area contributed by atoms with Crippen LogP contribution in [0.15, 0.2) is 72.0 Å². The summed E-state index contributed by atoms with van der Waals surface area (Å²) in [6, 6.07) is 15.0. The van der Waals surface area contributed by atoms with Gasteiger partial charge in [0.15, 0.2) is 17.9 Å². The standard InChI is InChI=1S/C31H30F3N7O2/c1-17(2)43-24-14-13-20(26(33)27(24)34)28(35)25-29(36)37-16-38-30(25)39-18(3)31(41(4)19-9-6-5-7-10-19)40-23-12-8-11-22(32)21(23)15-42/h5-18,35H,1-4H3,(H3,36,37,38,39)/b35-28?,40-31-. The molecule has 4 rings (SSSR count). The number of ether oxygens (including phenoxy) is 1. The summed E-state index contributed by atoms with van der Waals surface area (Å²) in [5, 5.41) is 11.9. The zero-order valence-corrected chi connectivity index (χ0v) is 23.9. The monoisotopic (exact) mass is 589 g/mol. The van der Waals surface area contributed by atoms with Crippen LogP contribution in [-0.4, -0.2) is 47.0 Å². The SMILES string of the molecule is CC(C)Oc1ccc(C(=N)c2c(N)ncnc2NC(C)/C(=N/c2cccc(F)c2C=O)N(C)c2ccccc2)c(F)c1F. The third-order valence-corrected chi connectivity index (χ3v) is 6.42. The molecule has 0 amide bonds. The molecule has 4 aromatic rings. The summed E-state index contributed by atoms with van der Waals surface area (Å²) in [4.78, 5) is 26.2. The molecule has 43 heavy (non-hydrogen) atoms. The lowest BCUT2D eigenvalue weighted by Gasteiger charge is -2.28. The molecule has 0 aliphatic heterocycles. The highest BCUT2D eigenvalue weighted by Gasteiger charge is 2.26. The van der Waals surface area contributed by atoms with Crippen molar-refractivity contribution in [2.45, 2.75) is 32.9 Å². The number of anilines is 3. The molecule has 1 unspecified atom stereocenters. The van der Waals surface area contributed by atoms with Gasteiger partial charge in [-0.25, -0.2) is 23.7 Å². The Morgan fingerprint density at radius 3 is 2.42 bits per heavy atom. The van der Waals surface area contributed by atoms with Gasteiger partial charge in [-0.15, -0.1) is 0 Å². The predicted octanol–water partition coefficient (Wildman–Crippen LogP) is 6.16. The van der Waals surface area contributed by atoms with E-state index in [9.17, 15) is 13.6 Å². The van der Waals surface area contributed by atoms with E-state index in [4.69, 9.17) is 15.9 Å². The van der Waals surface area contributed by atoms with Gasteiger partial charge in [0.2, 0.25) is 5.82 Å². The summed E-state index contributed by atoms with van der Waals surface area (Å²) < 4.78 is 49.7. The first-order chi connectivity index (χ1) is 20.5. The maximum atomic E-state index is 15.2. The lowest BCUT2D eigenvalue weighted by molar-refractivity contribution is 0.112. The average Bonchev–Trinajstić information content (AvgIpc) is 2.98. The molecule has 1 atom stereocenters. The van der Waals surface area contributed by atoms with Crippen LogP contribution < -0.4 is 20.7 Å². The number of nitrogens with zero attached hydrogens (tertiary/aromatic N) is 4. The Kier molecular flexibility index (Phi) is 9.39. The number of carbonyl (C=O) groups excluding carboxylic acids is 1. The highest BCUT2D eigenvalue weighted by molar-refractivity contribution is 6.16. The van der Waals surface area contributed by atoms with E-state index in [2.05, 4.69) is 20.3 Å². The van der Waals surface area contributed by atoms with Gasteiger partial charge in [-0.05, 0) is 57.2 Å². The van der Waals surface area contributed by atoms with Crippen molar-refractivity contribution in [2.24, 2.45) is 4.99 Å². The molecular formula is C31H30F3N7O2. The zero-order valence-electron chi connectivity index (χ0n) is 23.9. The maximum Gasteiger partial charge on any atom is 0.201 e. The van der Waals surface area contributed by atoms with Crippen molar-refractivity contribution in [3.63, 3.8) is 0 Å². The Balaban J connectivity index is 1.77. The van der Waals surface area contributed by atoms with Crippen LogP contribution in [0.3, 0.4) is 0 Å². The van der Waals surface area contributed by atoms with E-state index >= 15 is 4.39 Å². The number of likely N-dealkylation sites (N-methyl/N-ethyl adjacent to an activating group) is 1. The second kappa shape index (κ2) is 13.1. The van der Waals surface area contributed by atoms with Crippen LogP contribution in [0.1, 0.15) is 42.3 Å². The van der Waals surface area contributed by atoms with Crippen LogP contribution >= 0.6 is 0 Å². The summed E-state index contributed by atoms with van der Waals surface area (Å²) >= 11 is 0. The fourth-order valence-electron chi connectivity index (χ4n) is 4.34. The molecular weight excluding hydrogens is 559 g/mol. The van der Waals surface area contributed by atoms with Crippen LogP contribution in [0, 0.1) is 22.9 Å². The van der Waals surface area contributed by atoms with Gasteiger partial charge in [-0.2, -0.15) is 4.39 Å². The number of para-hydroxylation sites is 1. The first-order valence-electron chi connectivity index (χ1n) is 13.2. The molecule has 0 radical (unpaired) electrons. The van der Waals surface area contributed by atoms with Gasteiger partial charge in [-0.1, -0.05) is 24.3 Å². The summed E-state index contributed by atoms with van der Waals surface area (Å²) in [7, 11) is 1.74. The van der Waals surface area contributed by atoms with E-state index in [1.54, 1.807) is 32.7 Å². The average molecular weight is 590 g/mol. The highest BCUT2D eigenvalue weighted by Crippen LogP contribution is 2.29. The molecule has 9 nitrogen and oxygen atoms in total. The molecule has 3 aromatic carbocycles. The predicted molar refractivity (Wildman–Crippen MR) is 161 cm³/mol. The number of benzene rings is 3. The Morgan fingerprint density at radius 2 is 1.74 bits per heavy atom. The van der Waals surface area contributed by atoms with Gasteiger partial charge in [0.25, 0.3) is 0 Å². The number of aldehydes is 1. The van der Waals surface area contributed by atoms with Crippen LogP contribution in [0.2, 0.25) is 0 Å². The number of halogens is 3. The van der Waals surface area contributed by atoms with Crippen molar-refractivity contribution in [3.05, 3.63) is 101 Å². The molecule has 0 aliphatic rings. The lowest BCUT2D eigenvalue weighted by atomic mass is 10.0. The van der Waals surface area contributed by atoms with Crippen LogP contribution in [-0.2, 0) is 0 Å². The molecule has 4 N–H and O–H groups in total. The first kappa shape index (κ1) is 30.7. The number of carbonyl (C=O) groups is 1. The van der Waals surface area contributed by atoms with E-state index in [0.717, 1.165) is 18.1 Å². The number of hydrogen-bond acceptors (Lipinski definition) is 8. The summed E-state index contributed by atoms with van der Waals surface area (Å²) in [6.07, 6.45) is 1.16. The zero-order chi connectivity index (χ0) is 31.3. The molecule has 0 fully saturated rings. The number of aliphatic imine (C=N–C) groups is 1. The number of rotatable bonds is 10. The van der Waals surface area contributed by atoms with Crippen LogP contribution in [0.5, 0.6) is 5.75 Å². The molecule has 0 bridgehead atoms. The Morgan fingerprint density at radius 1 is 1.02 bits per heavy atom. The molecule has 1 aromatic heterocycles. The number of aromatic nitrogens is 2. The minimum Gasteiger partial charge on any atom is -0.488 e. The van der Waals surface area contributed by atoms with Crippen LogP contribution in [0.4, 0.5) is 36.2 Å². The van der Waals surface area contributed by atoms with Gasteiger partial charge in [0.1, 0.15) is 29.6 Å². The fraction of sp³-hybridized carbons (Fsp3) is 0.194. The van der Waals surface area contributed by atoms with E-state index in [1.165, 1.54) is 24.3 Å². The summed E-state index contributed by atoms with van der Waals surface area (Å²) in [5.41, 5.74) is 5.81. The topological polar surface area (TPSA) is 130 Å². The maximum absolute atomic E-state index is 15.2. The van der Waals surface area contributed by atoms with Crippen molar-refractivity contribution in [3.8, 4) is 5.75 Å². The number of nitrogen functional groups attached to an aromatic ring is 1. The first-order valence-corrected chi connectivity index (χ1v) is 13.2. The van der Waals surface area contributed by atoms with Gasteiger partial charge in [0, 0.05) is 18.3 Å². The molecule has 12 heteroatoms. The smallest absolute Gasteiger partial charge is 0.201 e. The van der Waals surface area contributed by atoms with E-state index in [1.807, 2.05) is 30.3 Å². The third-order valence-electron chi connectivity index (χ3n) is 6.42. The third kappa shape index (κ3) is 6.64. The second-order valence-electron chi connectivity index (χ2n) is 9.78. The molecule has 0 aliphatic carbocycles. The highest BCUT2D eigenvalue weighted by atomic mass is 19.2. The van der Waals surface area contributed by atoms with Crippen molar-refractivity contribution < 1.29 is 22.7 Å². The van der Waals surface area contributed by atoms with E-state index in [0.29, 0.717) is 12.1 Å². The van der Waals surface area contributed by atoms with Gasteiger partial charge >= 0.3 is 0 Å². The Labute approximate surface area is 246 Å². The molecule has 1 heterocycles. The van der Waals surface area contributed by atoms with Crippen molar-refractivity contribution >= 4 is 40.8 Å². The molecule has 222 valence electrons. The number of amidine groups is 1. The second-order valence-corrected chi connectivity index (χ2v) is 9.78.